The highest BCUT2D eigenvalue weighted by Crippen LogP contribution is 2.32. The molecule has 1 aliphatic rings. The lowest BCUT2D eigenvalue weighted by Crippen LogP contribution is -2.43. The summed E-state index contributed by atoms with van der Waals surface area (Å²) in [6.45, 7) is 9.65. The number of ether oxygens (including phenoxy) is 1. The Balaban J connectivity index is 1.71. The quantitative estimate of drug-likeness (QED) is 0.466. The molecule has 6 nitrogen and oxygen atoms in total. The largest absolute Gasteiger partial charge is 0.484 e. The van der Waals surface area contributed by atoms with Gasteiger partial charge in [0.2, 0.25) is 0 Å². The molecule has 0 saturated carbocycles. The van der Waals surface area contributed by atoms with Gasteiger partial charge in [0, 0.05) is 32.7 Å². The van der Waals surface area contributed by atoms with Gasteiger partial charge in [-0.1, -0.05) is 57.5 Å². The number of likely N-dealkylation sites (N-methyl/N-ethyl adjacent to an activating group) is 1. The lowest BCUT2D eigenvalue weighted by atomic mass is 9.90. The van der Waals surface area contributed by atoms with Crippen LogP contribution in [0.3, 0.4) is 0 Å². The summed E-state index contributed by atoms with van der Waals surface area (Å²) >= 11 is 0. The Labute approximate surface area is 209 Å². The number of likely N-dealkylation sites (tertiary alicyclic amines) is 1. The van der Waals surface area contributed by atoms with Gasteiger partial charge < -0.3 is 10.1 Å². The first-order chi connectivity index (χ1) is 16.9. The Morgan fingerprint density at radius 3 is 2.49 bits per heavy atom. The fraction of sp³-hybridized carbons (Fsp3) is 0.517. The average molecular weight is 477 g/mol. The summed E-state index contributed by atoms with van der Waals surface area (Å²) in [5.74, 6) is 2.88. The lowest BCUT2D eigenvalue weighted by Gasteiger charge is -2.40. The van der Waals surface area contributed by atoms with Crippen LogP contribution in [-0.2, 0) is 7.05 Å². The van der Waals surface area contributed by atoms with E-state index in [-0.39, 0.29) is 17.7 Å². The molecule has 1 N–H and O–H groups in total. The Morgan fingerprint density at radius 1 is 1.11 bits per heavy atom. The summed E-state index contributed by atoms with van der Waals surface area (Å²) in [7, 11) is 3.79. The number of hydrogen-bond acceptors (Lipinski definition) is 5. The van der Waals surface area contributed by atoms with E-state index in [4.69, 9.17) is 9.72 Å². The fourth-order valence-corrected chi connectivity index (χ4v) is 5.60. The van der Waals surface area contributed by atoms with E-state index >= 15 is 0 Å². The van der Waals surface area contributed by atoms with Gasteiger partial charge in [-0.05, 0) is 49.4 Å². The molecule has 2 aromatic carbocycles. The molecule has 1 fully saturated rings. The molecule has 0 radical (unpaired) electrons. The molecular formula is C29H40N4O2. The summed E-state index contributed by atoms with van der Waals surface area (Å²) in [6.07, 6.45) is 3.16. The molecule has 0 bridgehead atoms. The minimum atomic E-state index is -0.131. The third-order valence-electron chi connectivity index (χ3n) is 7.12. The Hall–Kier alpha value is -2.70. The highest BCUT2D eigenvalue weighted by Gasteiger charge is 2.30. The van der Waals surface area contributed by atoms with E-state index in [0.29, 0.717) is 29.3 Å². The van der Waals surface area contributed by atoms with Crippen LogP contribution in [0.25, 0.3) is 10.9 Å². The highest BCUT2D eigenvalue weighted by atomic mass is 16.5. The van der Waals surface area contributed by atoms with Gasteiger partial charge in [-0.15, -0.1) is 0 Å². The zero-order valence-corrected chi connectivity index (χ0v) is 21.8. The number of aromatic nitrogens is 2. The van der Waals surface area contributed by atoms with E-state index in [9.17, 15) is 4.79 Å². The first-order valence-corrected chi connectivity index (χ1v) is 13.0. The van der Waals surface area contributed by atoms with E-state index in [2.05, 4.69) is 43.1 Å². The third kappa shape index (κ3) is 5.76. The van der Waals surface area contributed by atoms with E-state index in [1.165, 1.54) is 6.42 Å². The first kappa shape index (κ1) is 25.4. The van der Waals surface area contributed by atoms with Gasteiger partial charge in [0.25, 0.3) is 5.56 Å². The maximum Gasteiger partial charge on any atom is 0.261 e. The minimum absolute atomic E-state index is 0.00518. The summed E-state index contributed by atoms with van der Waals surface area (Å²) < 4.78 is 8.15. The molecular weight excluding hydrogens is 436 g/mol. The lowest BCUT2D eigenvalue weighted by molar-refractivity contribution is 0.0841. The van der Waals surface area contributed by atoms with Gasteiger partial charge in [-0.25, -0.2) is 4.98 Å². The van der Waals surface area contributed by atoms with Crippen LogP contribution in [0.1, 0.15) is 63.6 Å². The maximum atomic E-state index is 13.4. The second kappa shape index (κ2) is 11.4. The zero-order chi connectivity index (χ0) is 24.9. The van der Waals surface area contributed by atoms with Crippen LogP contribution >= 0.6 is 0 Å². The van der Waals surface area contributed by atoms with Crippen molar-refractivity contribution in [3.63, 3.8) is 0 Å². The summed E-state index contributed by atoms with van der Waals surface area (Å²) in [5.41, 5.74) is 1.82. The van der Waals surface area contributed by atoms with Gasteiger partial charge in [-0.2, -0.15) is 0 Å². The molecule has 4 atom stereocenters. The number of nitrogens with zero attached hydrogens (tertiary/aromatic N) is 3. The van der Waals surface area contributed by atoms with Crippen LogP contribution in [0.4, 0.5) is 0 Å². The Kier molecular flexibility index (Phi) is 8.24. The normalized spacial score (nSPS) is 20.6. The van der Waals surface area contributed by atoms with Crippen LogP contribution in [0.15, 0.2) is 53.3 Å². The molecule has 0 unspecified atom stereocenters. The number of rotatable bonds is 9. The van der Waals surface area contributed by atoms with Gasteiger partial charge in [0.15, 0.2) is 0 Å². The molecule has 0 spiro atoms. The molecule has 1 saturated heterocycles. The third-order valence-corrected chi connectivity index (χ3v) is 7.12. The van der Waals surface area contributed by atoms with Crippen molar-refractivity contribution < 1.29 is 4.74 Å². The van der Waals surface area contributed by atoms with Crippen LogP contribution in [0, 0.1) is 11.8 Å². The molecule has 0 amide bonds. The maximum absolute atomic E-state index is 13.4. The zero-order valence-electron chi connectivity index (χ0n) is 21.8. The predicted molar refractivity (Wildman–Crippen MR) is 143 cm³/mol. The standard InChI is InChI=1S/C29H40N4O2/c1-6-10-26(33-18-20(2)15-21(3)19-33)28-31-25-16-23(13-14-24(25)29(34)32(28)5)35-27(17-30-4)22-11-8-7-9-12-22/h7-9,11-14,16,20-21,26-27,30H,6,10,15,17-19H2,1-5H3/t20-,21+,26-,27+/m1/s1. The first-order valence-electron chi connectivity index (χ1n) is 13.0. The molecule has 1 aromatic heterocycles. The Morgan fingerprint density at radius 2 is 1.83 bits per heavy atom. The smallest absolute Gasteiger partial charge is 0.261 e. The van der Waals surface area contributed by atoms with Gasteiger partial charge in [-0.3, -0.25) is 14.3 Å². The van der Waals surface area contributed by atoms with Crippen LogP contribution in [0.2, 0.25) is 0 Å². The van der Waals surface area contributed by atoms with Crippen molar-refractivity contribution in [2.45, 2.75) is 52.2 Å². The molecule has 0 aliphatic carbocycles. The van der Waals surface area contributed by atoms with Crippen LogP contribution in [-0.4, -0.2) is 41.1 Å². The molecule has 35 heavy (non-hydrogen) atoms. The molecule has 6 heteroatoms. The van der Waals surface area contributed by atoms with Crippen molar-refractivity contribution in [1.29, 1.82) is 0 Å². The van der Waals surface area contributed by atoms with Gasteiger partial charge >= 0.3 is 0 Å². The molecule has 3 aromatic rings. The van der Waals surface area contributed by atoms with Crippen molar-refractivity contribution in [3.05, 3.63) is 70.3 Å². The molecule has 2 heterocycles. The topological polar surface area (TPSA) is 59.4 Å². The van der Waals surface area contributed by atoms with Crippen molar-refractivity contribution >= 4 is 10.9 Å². The van der Waals surface area contributed by atoms with Crippen molar-refractivity contribution in [2.24, 2.45) is 18.9 Å². The number of benzene rings is 2. The van der Waals surface area contributed by atoms with Crippen molar-refractivity contribution in [1.82, 2.24) is 19.8 Å². The Bertz CT molecular complexity index is 1170. The SMILES string of the molecule is CCC[C@H](c1nc2cc(O[C@@H](CNC)c3ccccc3)ccc2c(=O)n1C)N1C[C@H](C)C[C@H](C)C1. The van der Waals surface area contributed by atoms with E-state index < -0.39 is 0 Å². The summed E-state index contributed by atoms with van der Waals surface area (Å²) in [5, 5.41) is 3.85. The van der Waals surface area contributed by atoms with Gasteiger partial charge in [0.1, 0.15) is 17.7 Å². The predicted octanol–water partition coefficient (Wildman–Crippen LogP) is 5.09. The highest BCUT2D eigenvalue weighted by molar-refractivity contribution is 5.79. The fourth-order valence-electron chi connectivity index (χ4n) is 5.60. The van der Waals surface area contributed by atoms with Crippen molar-refractivity contribution in [3.8, 4) is 5.75 Å². The monoisotopic (exact) mass is 476 g/mol. The van der Waals surface area contributed by atoms with E-state index in [0.717, 1.165) is 43.1 Å². The van der Waals surface area contributed by atoms with Gasteiger partial charge in [0.05, 0.1) is 16.9 Å². The van der Waals surface area contributed by atoms with Crippen molar-refractivity contribution in [2.75, 3.05) is 26.7 Å². The number of fused-ring (bicyclic) bond motifs is 1. The summed E-state index contributed by atoms with van der Waals surface area (Å²) in [4.78, 5) is 21.0. The van der Waals surface area contributed by atoms with Crippen LogP contribution in [0.5, 0.6) is 5.75 Å². The van der Waals surface area contributed by atoms with Crippen LogP contribution < -0.4 is 15.6 Å². The summed E-state index contributed by atoms with van der Waals surface area (Å²) in [6, 6.07) is 16.0. The minimum Gasteiger partial charge on any atom is -0.484 e. The number of hydrogen-bond donors (Lipinski definition) is 1. The molecule has 1 aliphatic heterocycles. The molecule has 188 valence electrons. The number of nitrogens with one attached hydrogen (secondary N) is 1. The van der Waals surface area contributed by atoms with E-state index in [1.807, 2.05) is 50.5 Å². The second-order valence-corrected chi connectivity index (χ2v) is 10.3. The molecule has 4 rings (SSSR count). The second-order valence-electron chi connectivity index (χ2n) is 10.3. The average Bonchev–Trinajstić information content (AvgIpc) is 2.84. The number of piperidine rings is 1. The van der Waals surface area contributed by atoms with E-state index in [1.54, 1.807) is 4.57 Å².